The normalized spacial score (nSPS) is 11.8. The van der Waals surface area contributed by atoms with E-state index in [0.717, 1.165) is 62.1 Å². The average Bonchev–Trinajstić information content (AvgIpc) is 3.22. The second kappa shape index (κ2) is 31.6. The van der Waals surface area contributed by atoms with Crippen molar-refractivity contribution in [2.24, 2.45) is 0 Å². The largest absolute Gasteiger partial charge is 2.00 e. The Morgan fingerprint density at radius 1 is 0.344 bits per heavy atom. The van der Waals surface area contributed by atoms with Gasteiger partial charge in [0.1, 0.15) is 20.2 Å². The molecule has 4 rings (SSSR count). The molecule has 0 aromatic heterocycles. The first-order chi connectivity index (χ1) is 29.0. The summed E-state index contributed by atoms with van der Waals surface area (Å²) in [5.41, 5.74) is 5.16. The zero-order valence-corrected chi connectivity index (χ0v) is 44.6. The predicted molar refractivity (Wildman–Crippen MR) is 258 cm³/mol. The van der Waals surface area contributed by atoms with Gasteiger partial charge in [0.2, 0.25) is 0 Å². The number of hydrogen-bond donors (Lipinski definition) is 0. The van der Waals surface area contributed by atoms with Crippen LogP contribution >= 0.6 is 0 Å². The quantitative estimate of drug-likeness (QED) is 0.0292. The van der Waals surface area contributed by atoms with Crippen molar-refractivity contribution in [3.05, 3.63) is 82.9 Å². The van der Waals surface area contributed by atoms with E-state index in [-0.39, 0.29) is 58.7 Å². The maximum atomic E-state index is 11.7. The first kappa shape index (κ1) is 55.9. The SMILES string of the molecule is CCCCCCCCc1ccc2c(S(=O)(=O)[O-])cccc2c1CCCCCCCC.CCCCCCCCc1ccc2c(S(=O)(=O)[O-])cccc2c1CCCCCCCC.[Ba+2]. The molecule has 0 bridgehead atoms. The van der Waals surface area contributed by atoms with Crippen molar-refractivity contribution >= 4 is 90.7 Å². The molecule has 0 atom stereocenters. The van der Waals surface area contributed by atoms with Gasteiger partial charge in [-0.05, 0) is 107 Å². The Kier molecular flexibility index (Phi) is 29.0. The minimum Gasteiger partial charge on any atom is -0.744 e. The van der Waals surface area contributed by atoms with Gasteiger partial charge in [0.15, 0.2) is 0 Å². The summed E-state index contributed by atoms with van der Waals surface area (Å²) in [5.74, 6) is 0. The zero-order chi connectivity index (χ0) is 43.6. The smallest absolute Gasteiger partial charge is 0.744 e. The molecule has 0 aliphatic heterocycles. The topological polar surface area (TPSA) is 114 Å². The van der Waals surface area contributed by atoms with Gasteiger partial charge in [0, 0.05) is 0 Å². The summed E-state index contributed by atoms with van der Waals surface area (Å²) < 4.78 is 70.5. The Morgan fingerprint density at radius 2 is 0.623 bits per heavy atom. The molecule has 0 heterocycles. The molecule has 6 nitrogen and oxygen atoms in total. The summed E-state index contributed by atoms with van der Waals surface area (Å²) in [6.07, 6.45) is 33.9. The van der Waals surface area contributed by atoms with Crippen LogP contribution in [0.4, 0.5) is 0 Å². The van der Waals surface area contributed by atoms with E-state index in [1.807, 2.05) is 24.3 Å². The number of benzene rings is 4. The molecule has 0 saturated carbocycles. The molecule has 336 valence electrons. The molecular formula is C52H78BaO6S2. The van der Waals surface area contributed by atoms with E-state index in [1.165, 1.54) is 163 Å². The van der Waals surface area contributed by atoms with Crippen molar-refractivity contribution in [1.82, 2.24) is 0 Å². The van der Waals surface area contributed by atoms with E-state index < -0.39 is 20.2 Å². The summed E-state index contributed by atoms with van der Waals surface area (Å²) in [6, 6.07) is 18.1. The summed E-state index contributed by atoms with van der Waals surface area (Å²) >= 11 is 0. The first-order valence-corrected chi connectivity index (χ1v) is 26.8. The molecular weight excluding hydrogens is 922 g/mol. The fraction of sp³-hybridized carbons (Fsp3) is 0.615. The van der Waals surface area contributed by atoms with Crippen LogP contribution in [-0.4, -0.2) is 74.8 Å². The molecule has 0 saturated heterocycles. The van der Waals surface area contributed by atoms with E-state index in [1.54, 1.807) is 12.1 Å². The van der Waals surface area contributed by atoms with Crippen molar-refractivity contribution in [3.8, 4) is 0 Å². The molecule has 9 heteroatoms. The van der Waals surface area contributed by atoms with Crippen LogP contribution in [0.15, 0.2) is 70.5 Å². The third-order valence-electron chi connectivity index (χ3n) is 12.2. The van der Waals surface area contributed by atoms with Crippen LogP contribution in [0.5, 0.6) is 0 Å². The molecule has 0 fully saturated rings. The van der Waals surface area contributed by atoms with Gasteiger partial charge >= 0.3 is 48.9 Å². The molecule has 0 aliphatic rings. The van der Waals surface area contributed by atoms with Gasteiger partial charge in [-0.25, -0.2) is 16.8 Å². The average molecular weight is 1000 g/mol. The summed E-state index contributed by atoms with van der Waals surface area (Å²) in [6.45, 7) is 8.93. The maximum Gasteiger partial charge on any atom is 2.00 e. The first-order valence-electron chi connectivity index (χ1n) is 24.0. The molecule has 0 amide bonds. The Hall–Kier alpha value is -1.21. The Labute approximate surface area is 412 Å². The van der Waals surface area contributed by atoms with Gasteiger partial charge < -0.3 is 9.11 Å². The van der Waals surface area contributed by atoms with Crippen LogP contribution in [0.2, 0.25) is 0 Å². The molecule has 0 aliphatic carbocycles. The number of rotatable bonds is 30. The van der Waals surface area contributed by atoms with E-state index in [9.17, 15) is 25.9 Å². The van der Waals surface area contributed by atoms with Gasteiger partial charge in [-0.1, -0.05) is 205 Å². The number of unbranched alkanes of at least 4 members (excludes halogenated alkanes) is 20. The fourth-order valence-electron chi connectivity index (χ4n) is 8.72. The van der Waals surface area contributed by atoms with Gasteiger partial charge in [0.25, 0.3) is 0 Å². The van der Waals surface area contributed by atoms with Crippen molar-refractivity contribution in [1.29, 1.82) is 0 Å². The Bertz CT molecular complexity index is 1900. The van der Waals surface area contributed by atoms with Crippen LogP contribution in [0, 0.1) is 0 Å². The van der Waals surface area contributed by atoms with E-state index in [0.29, 0.717) is 10.8 Å². The second-order valence-corrected chi connectivity index (χ2v) is 19.8. The van der Waals surface area contributed by atoms with Crippen molar-refractivity contribution in [2.75, 3.05) is 0 Å². The van der Waals surface area contributed by atoms with Crippen molar-refractivity contribution in [3.63, 3.8) is 0 Å². The minimum atomic E-state index is -4.47. The number of fused-ring (bicyclic) bond motifs is 2. The van der Waals surface area contributed by atoms with Gasteiger partial charge in [0.05, 0.1) is 9.79 Å². The number of aryl methyl sites for hydroxylation is 4. The zero-order valence-electron chi connectivity index (χ0n) is 38.5. The summed E-state index contributed by atoms with van der Waals surface area (Å²) in [4.78, 5) is -0.175. The van der Waals surface area contributed by atoms with Crippen molar-refractivity contribution < 1.29 is 25.9 Å². The maximum absolute atomic E-state index is 11.7. The van der Waals surface area contributed by atoms with Crippen LogP contribution in [0.3, 0.4) is 0 Å². The predicted octanol–water partition coefficient (Wildman–Crippen LogP) is 14.7. The Morgan fingerprint density at radius 3 is 0.918 bits per heavy atom. The molecule has 4 aromatic rings. The minimum absolute atomic E-state index is 0. The molecule has 0 unspecified atom stereocenters. The molecule has 4 aromatic carbocycles. The van der Waals surface area contributed by atoms with Gasteiger partial charge in [-0.15, -0.1) is 0 Å². The summed E-state index contributed by atoms with van der Waals surface area (Å²) in [7, 11) is -8.95. The standard InChI is InChI=1S/2C26H40O3S.Ba/c2*1-3-5-7-9-11-13-16-22-20-21-25-24(18-15-19-26(25)30(27,28)29)23(22)17-14-12-10-8-6-4-2;/h2*15,18-21H,3-14,16-17H2,1-2H3,(H,27,28,29);/q;;+2/p-2. The third kappa shape index (κ3) is 20.2. The van der Waals surface area contributed by atoms with Gasteiger partial charge in [-0.2, -0.15) is 0 Å². The third-order valence-corrected chi connectivity index (χ3v) is 13.9. The van der Waals surface area contributed by atoms with E-state index in [4.69, 9.17) is 0 Å². The van der Waals surface area contributed by atoms with E-state index >= 15 is 0 Å². The molecule has 61 heavy (non-hydrogen) atoms. The molecule has 0 spiro atoms. The van der Waals surface area contributed by atoms with Crippen LogP contribution in [0.1, 0.15) is 204 Å². The van der Waals surface area contributed by atoms with Gasteiger partial charge in [-0.3, -0.25) is 0 Å². The fourth-order valence-corrected chi connectivity index (χ4v) is 10.1. The van der Waals surface area contributed by atoms with Crippen LogP contribution in [-0.2, 0) is 45.9 Å². The van der Waals surface area contributed by atoms with E-state index in [2.05, 4.69) is 39.8 Å². The summed E-state index contributed by atoms with van der Waals surface area (Å²) in [5, 5.41) is 3.06. The monoisotopic (exact) mass is 1000 g/mol. The van der Waals surface area contributed by atoms with Crippen molar-refractivity contribution in [2.45, 2.75) is 217 Å². The van der Waals surface area contributed by atoms with Crippen LogP contribution < -0.4 is 0 Å². The molecule has 0 N–H and O–H groups in total. The molecule has 0 radical (unpaired) electrons. The Balaban J connectivity index is 0.000000413. The van der Waals surface area contributed by atoms with Crippen LogP contribution in [0.25, 0.3) is 21.5 Å². The second-order valence-electron chi connectivity index (χ2n) is 17.1. The number of hydrogen-bond acceptors (Lipinski definition) is 6.